The summed E-state index contributed by atoms with van der Waals surface area (Å²) in [5.74, 6) is 0.530. The van der Waals surface area contributed by atoms with Crippen LogP contribution in [-0.4, -0.2) is 42.7 Å². The Bertz CT molecular complexity index is 1090. The number of anilines is 1. The maximum absolute atomic E-state index is 12.8. The smallest absolute Gasteiger partial charge is 0.261 e. The van der Waals surface area contributed by atoms with Crippen LogP contribution < -0.4 is 4.72 Å². The van der Waals surface area contributed by atoms with Gasteiger partial charge in [-0.3, -0.25) is 9.40 Å². The number of rotatable bonds is 7. The molecule has 0 saturated carbocycles. The van der Waals surface area contributed by atoms with Crippen molar-refractivity contribution >= 4 is 15.7 Å². The Labute approximate surface area is 178 Å². The fourth-order valence-electron chi connectivity index (χ4n) is 4.06. The van der Waals surface area contributed by atoms with Crippen LogP contribution in [0.15, 0.2) is 65.8 Å². The molecule has 1 N–H and O–H groups in total. The van der Waals surface area contributed by atoms with E-state index in [0.717, 1.165) is 37.2 Å². The first-order valence-electron chi connectivity index (χ1n) is 10.4. The zero-order valence-corrected chi connectivity index (χ0v) is 18.3. The summed E-state index contributed by atoms with van der Waals surface area (Å²) in [5.41, 5.74) is 3.74. The SMILES string of the molecule is CCCN1CCC(c2ccc(NS(=O)(=O)c3ccc(-c4cnn(C)c4)cc3)cc2)C1. The van der Waals surface area contributed by atoms with Gasteiger partial charge in [-0.05, 0) is 67.2 Å². The van der Waals surface area contributed by atoms with Crippen LogP contribution in [0.5, 0.6) is 0 Å². The van der Waals surface area contributed by atoms with Crippen LogP contribution in [-0.2, 0) is 17.1 Å². The van der Waals surface area contributed by atoms with Crippen LogP contribution in [0.25, 0.3) is 11.1 Å². The van der Waals surface area contributed by atoms with Crippen molar-refractivity contribution in [2.45, 2.75) is 30.6 Å². The van der Waals surface area contributed by atoms with E-state index in [1.807, 2.05) is 37.5 Å². The zero-order valence-electron chi connectivity index (χ0n) is 17.5. The van der Waals surface area contributed by atoms with E-state index < -0.39 is 10.0 Å². The van der Waals surface area contributed by atoms with Crippen molar-refractivity contribution < 1.29 is 8.42 Å². The predicted molar refractivity (Wildman–Crippen MR) is 120 cm³/mol. The van der Waals surface area contributed by atoms with Gasteiger partial charge in [0.2, 0.25) is 0 Å². The van der Waals surface area contributed by atoms with Gasteiger partial charge < -0.3 is 4.90 Å². The van der Waals surface area contributed by atoms with Gasteiger partial charge in [-0.1, -0.05) is 31.2 Å². The highest BCUT2D eigenvalue weighted by atomic mass is 32.2. The fourth-order valence-corrected chi connectivity index (χ4v) is 5.12. The minimum absolute atomic E-state index is 0.241. The first-order valence-corrected chi connectivity index (χ1v) is 11.9. The Morgan fingerprint density at radius 1 is 1.07 bits per heavy atom. The molecule has 1 aliphatic rings. The van der Waals surface area contributed by atoms with Crippen molar-refractivity contribution in [2.24, 2.45) is 7.05 Å². The number of nitrogens with one attached hydrogen (secondary N) is 1. The highest BCUT2D eigenvalue weighted by Gasteiger charge is 2.23. The number of hydrogen-bond acceptors (Lipinski definition) is 4. The summed E-state index contributed by atoms with van der Waals surface area (Å²) in [4.78, 5) is 2.74. The Morgan fingerprint density at radius 2 is 1.80 bits per heavy atom. The minimum atomic E-state index is -3.63. The molecule has 1 saturated heterocycles. The van der Waals surface area contributed by atoms with Gasteiger partial charge in [0, 0.05) is 31.0 Å². The number of aromatic nitrogens is 2. The van der Waals surface area contributed by atoms with Gasteiger partial charge in [-0.15, -0.1) is 0 Å². The summed E-state index contributed by atoms with van der Waals surface area (Å²) in [6, 6.07) is 14.7. The Balaban J connectivity index is 1.43. The van der Waals surface area contributed by atoms with E-state index in [0.29, 0.717) is 11.6 Å². The molecule has 1 fully saturated rings. The van der Waals surface area contributed by atoms with E-state index in [1.165, 1.54) is 12.0 Å². The highest BCUT2D eigenvalue weighted by molar-refractivity contribution is 7.92. The summed E-state index contributed by atoms with van der Waals surface area (Å²) in [5, 5.41) is 4.15. The number of likely N-dealkylation sites (tertiary alicyclic amines) is 1. The summed E-state index contributed by atoms with van der Waals surface area (Å²) < 4.78 is 30.0. The van der Waals surface area contributed by atoms with E-state index in [4.69, 9.17) is 0 Å². The van der Waals surface area contributed by atoms with E-state index in [1.54, 1.807) is 35.1 Å². The van der Waals surface area contributed by atoms with Crippen LogP contribution in [0.1, 0.15) is 31.2 Å². The summed E-state index contributed by atoms with van der Waals surface area (Å²) in [6.45, 7) is 5.58. The molecule has 2 aromatic carbocycles. The molecule has 3 aromatic rings. The molecule has 1 aromatic heterocycles. The highest BCUT2D eigenvalue weighted by Crippen LogP contribution is 2.29. The maximum Gasteiger partial charge on any atom is 0.261 e. The molecule has 1 aliphatic heterocycles. The first-order chi connectivity index (χ1) is 14.4. The maximum atomic E-state index is 12.8. The molecule has 4 rings (SSSR count). The lowest BCUT2D eigenvalue weighted by Crippen LogP contribution is -2.20. The standard InChI is InChI=1S/C23H28N4O2S/c1-3-13-27-14-12-20(17-27)18-4-8-22(9-5-18)25-30(28,29)23-10-6-19(7-11-23)21-15-24-26(2)16-21/h4-11,15-16,20,25H,3,12-14,17H2,1-2H3. The second-order valence-electron chi connectivity index (χ2n) is 7.94. The lowest BCUT2D eigenvalue weighted by atomic mass is 9.98. The quantitative estimate of drug-likeness (QED) is 0.620. The molecular weight excluding hydrogens is 396 g/mol. The average molecular weight is 425 g/mol. The number of aryl methyl sites for hydroxylation is 1. The summed E-state index contributed by atoms with van der Waals surface area (Å²) >= 11 is 0. The molecule has 1 atom stereocenters. The number of hydrogen-bond donors (Lipinski definition) is 1. The van der Waals surface area contributed by atoms with Gasteiger partial charge in [0.25, 0.3) is 10.0 Å². The van der Waals surface area contributed by atoms with Crippen LogP contribution in [0.4, 0.5) is 5.69 Å². The Morgan fingerprint density at radius 3 is 2.43 bits per heavy atom. The van der Waals surface area contributed by atoms with Crippen LogP contribution >= 0.6 is 0 Å². The van der Waals surface area contributed by atoms with Gasteiger partial charge in [-0.2, -0.15) is 5.10 Å². The molecule has 0 aliphatic carbocycles. The molecule has 2 heterocycles. The van der Waals surface area contributed by atoms with Gasteiger partial charge in [-0.25, -0.2) is 8.42 Å². The Hall–Kier alpha value is -2.64. The number of nitrogens with zero attached hydrogens (tertiary/aromatic N) is 3. The third-order valence-corrected chi connectivity index (χ3v) is 7.05. The Kier molecular flexibility index (Phi) is 5.92. The van der Waals surface area contributed by atoms with E-state index >= 15 is 0 Å². The third-order valence-electron chi connectivity index (χ3n) is 5.65. The van der Waals surface area contributed by atoms with Crippen molar-refractivity contribution in [1.82, 2.24) is 14.7 Å². The van der Waals surface area contributed by atoms with Gasteiger partial charge in [0.15, 0.2) is 0 Å². The summed E-state index contributed by atoms with van der Waals surface area (Å²) in [6.07, 6.45) is 6.00. The average Bonchev–Trinajstić information content (AvgIpc) is 3.38. The second kappa shape index (κ2) is 8.62. The van der Waals surface area contributed by atoms with Crippen LogP contribution in [0.2, 0.25) is 0 Å². The molecule has 0 amide bonds. The molecule has 30 heavy (non-hydrogen) atoms. The largest absolute Gasteiger partial charge is 0.303 e. The molecule has 0 spiro atoms. The van der Waals surface area contributed by atoms with Crippen molar-refractivity contribution in [2.75, 3.05) is 24.4 Å². The van der Waals surface area contributed by atoms with Gasteiger partial charge in [0.1, 0.15) is 0 Å². The zero-order chi connectivity index (χ0) is 21.1. The van der Waals surface area contributed by atoms with Crippen molar-refractivity contribution in [1.29, 1.82) is 0 Å². The molecule has 6 nitrogen and oxygen atoms in total. The lowest BCUT2D eigenvalue weighted by molar-refractivity contribution is 0.335. The van der Waals surface area contributed by atoms with Crippen molar-refractivity contribution in [3.05, 3.63) is 66.5 Å². The molecule has 158 valence electrons. The number of sulfonamides is 1. The molecule has 1 unspecified atom stereocenters. The van der Waals surface area contributed by atoms with E-state index in [2.05, 4.69) is 21.6 Å². The first kappa shape index (κ1) is 20.6. The fraction of sp³-hybridized carbons (Fsp3) is 0.348. The summed E-state index contributed by atoms with van der Waals surface area (Å²) in [7, 11) is -1.78. The number of benzene rings is 2. The van der Waals surface area contributed by atoms with Gasteiger partial charge in [0.05, 0.1) is 11.1 Å². The normalized spacial score (nSPS) is 17.3. The predicted octanol–water partition coefficient (Wildman–Crippen LogP) is 4.09. The third kappa shape index (κ3) is 4.57. The van der Waals surface area contributed by atoms with Crippen molar-refractivity contribution in [3.8, 4) is 11.1 Å². The second-order valence-corrected chi connectivity index (χ2v) is 9.62. The van der Waals surface area contributed by atoms with E-state index in [9.17, 15) is 8.42 Å². The minimum Gasteiger partial charge on any atom is -0.303 e. The van der Waals surface area contributed by atoms with E-state index in [-0.39, 0.29) is 4.90 Å². The molecule has 7 heteroatoms. The lowest BCUT2D eigenvalue weighted by Gasteiger charge is -2.15. The molecule has 0 radical (unpaired) electrons. The van der Waals surface area contributed by atoms with Crippen LogP contribution in [0, 0.1) is 0 Å². The monoisotopic (exact) mass is 424 g/mol. The molecule has 0 bridgehead atoms. The topological polar surface area (TPSA) is 67.2 Å². The van der Waals surface area contributed by atoms with Crippen LogP contribution in [0.3, 0.4) is 0 Å². The molecular formula is C23H28N4O2S. The van der Waals surface area contributed by atoms with Crippen molar-refractivity contribution in [3.63, 3.8) is 0 Å². The van der Waals surface area contributed by atoms with Gasteiger partial charge >= 0.3 is 0 Å².